The maximum Gasteiger partial charge on any atom is 5.00 e. The Morgan fingerprint density at radius 3 is 0.273 bits per heavy atom. The first kappa shape index (κ1) is 192. The zero-order chi connectivity index (χ0) is 0. The SMILES string of the molecule is [O-2].[O-2].[O-2].[O-2].[O-2].[O-2].[O-2].[Sr+2].[Sr+2].[V+5].[V+5]. The summed E-state index contributed by atoms with van der Waals surface area (Å²) in [4.78, 5) is 0. The number of rotatable bonds is 0. The van der Waals surface area contributed by atoms with Gasteiger partial charge in [0.1, 0.15) is 0 Å². The van der Waals surface area contributed by atoms with E-state index in [1.54, 1.807) is 0 Å². The number of hydrogen-bond donors (Lipinski definition) is 0. The van der Waals surface area contributed by atoms with E-state index in [1.807, 2.05) is 0 Å². The molecule has 11 heteroatoms. The van der Waals surface area contributed by atoms with Crippen molar-refractivity contribution in [1.29, 1.82) is 0 Å². The van der Waals surface area contributed by atoms with Crippen LogP contribution in [0.15, 0.2) is 0 Å². The van der Waals surface area contributed by atoms with Crippen molar-refractivity contribution in [2.75, 3.05) is 0 Å². The molecular formula is O7Sr2V2. The molecule has 0 atom stereocenters. The zero-order valence-corrected chi connectivity index (χ0v) is 14.9. The Hall–Kier alpha value is 3.85. The molecule has 0 aromatic heterocycles. The van der Waals surface area contributed by atoms with Gasteiger partial charge in [0, 0.05) is 0 Å². The van der Waals surface area contributed by atoms with Crippen LogP contribution in [0.5, 0.6) is 0 Å². The van der Waals surface area contributed by atoms with Crippen LogP contribution < -0.4 is 0 Å². The maximum absolute atomic E-state index is 0. The van der Waals surface area contributed by atoms with E-state index in [0.29, 0.717) is 0 Å². The second kappa shape index (κ2) is 154. The second-order valence-electron chi connectivity index (χ2n) is 0. The first-order chi connectivity index (χ1) is 0. The van der Waals surface area contributed by atoms with Gasteiger partial charge in [0.15, 0.2) is 0 Å². The van der Waals surface area contributed by atoms with Crippen molar-refractivity contribution in [2.24, 2.45) is 0 Å². The molecule has 0 aromatic rings. The summed E-state index contributed by atoms with van der Waals surface area (Å²) in [5.74, 6) is 0. The standard InChI is InChI=1S/7O.2Sr.2V/q7*-2;2*+2;2*+5. The summed E-state index contributed by atoms with van der Waals surface area (Å²) < 4.78 is 0. The molecule has 0 aliphatic rings. The van der Waals surface area contributed by atoms with Gasteiger partial charge in [0.2, 0.25) is 0 Å². The van der Waals surface area contributed by atoms with Crippen molar-refractivity contribution in [3.8, 4) is 0 Å². The normalized spacial score (nSPS) is 0. The van der Waals surface area contributed by atoms with Gasteiger partial charge in [-0.2, -0.15) is 0 Å². The van der Waals surface area contributed by atoms with Gasteiger partial charge in [-0.25, -0.2) is 0 Å². The van der Waals surface area contributed by atoms with Crippen molar-refractivity contribution < 1.29 is 75.4 Å². The third-order valence-corrected chi connectivity index (χ3v) is 0. The van der Waals surface area contributed by atoms with Crippen molar-refractivity contribution in [2.45, 2.75) is 0 Å². The minimum absolute atomic E-state index is 0. The Labute approximate surface area is 163 Å². The van der Waals surface area contributed by atoms with Gasteiger partial charge in [-0.3, -0.25) is 0 Å². The molecule has 0 aliphatic heterocycles. The van der Waals surface area contributed by atoms with E-state index in [2.05, 4.69) is 0 Å². The topological polar surface area (TPSA) is 200 Å². The summed E-state index contributed by atoms with van der Waals surface area (Å²) in [6, 6.07) is 0. The van der Waals surface area contributed by atoms with E-state index >= 15 is 0 Å². The molecule has 7 nitrogen and oxygen atoms in total. The molecule has 0 radical (unpaired) electrons. The van der Waals surface area contributed by atoms with E-state index in [4.69, 9.17) is 0 Å². The monoisotopic (exact) mass is 390 g/mol. The molecule has 56 valence electrons. The van der Waals surface area contributed by atoms with Crippen LogP contribution in [0, 0.1) is 0 Å². The molecule has 0 spiro atoms. The smallest absolute Gasteiger partial charge is 2.00 e. The van der Waals surface area contributed by atoms with Gasteiger partial charge in [-0.15, -0.1) is 0 Å². The van der Waals surface area contributed by atoms with Gasteiger partial charge in [0.25, 0.3) is 0 Å². The minimum atomic E-state index is 0. The Morgan fingerprint density at radius 2 is 0.273 bits per heavy atom. The van der Waals surface area contributed by atoms with Gasteiger partial charge < -0.3 is 38.3 Å². The third kappa shape index (κ3) is 131. The van der Waals surface area contributed by atoms with Crippen LogP contribution in [0.25, 0.3) is 0 Å². The molecule has 0 saturated heterocycles. The molecule has 0 bridgehead atoms. The Bertz CT molecular complexity index is 14.4. The van der Waals surface area contributed by atoms with Crippen LogP contribution in [-0.4, -0.2) is 91.0 Å². The molecular weight excluding hydrogens is 389 g/mol. The van der Waals surface area contributed by atoms with Crippen LogP contribution >= 0.6 is 0 Å². The predicted molar refractivity (Wildman–Crippen MR) is 16.3 cm³/mol. The predicted octanol–water partition coefficient (Wildman–Crippen LogP) is -1.60. The average molecular weight is 389 g/mol. The Morgan fingerprint density at radius 1 is 0.273 bits per heavy atom. The molecule has 0 saturated carbocycles. The fourth-order valence-electron chi connectivity index (χ4n) is 0. The summed E-state index contributed by atoms with van der Waals surface area (Å²) in [5, 5.41) is 0. The summed E-state index contributed by atoms with van der Waals surface area (Å²) in [5.41, 5.74) is 0. The van der Waals surface area contributed by atoms with Crippen LogP contribution in [0.3, 0.4) is 0 Å². The van der Waals surface area contributed by atoms with E-state index in [0.717, 1.165) is 0 Å². The molecule has 11 heavy (non-hydrogen) atoms. The molecule has 0 aromatic carbocycles. The first-order valence-electron chi connectivity index (χ1n) is 0. The van der Waals surface area contributed by atoms with Gasteiger partial charge >= 0.3 is 128 Å². The van der Waals surface area contributed by atoms with Crippen molar-refractivity contribution in [1.82, 2.24) is 0 Å². The van der Waals surface area contributed by atoms with Crippen molar-refractivity contribution >= 4 is 91.0 Å². The van der Waals surface area contributed by atoms with Gasteiger partial charge in [-0.1, -0.05) is 0 Å². The minimum Gasteiger partial charge on any atom is -2.00 e. The molecule has 0 fully saturated rings. The van der Waals surface area contributed by atoms with Crippen molar-refractivity contribution in [3.05, 3.63) is 0 Å². The molecule has 0 aliphatic carbocycles. The maximum atomic E-state index is 0. The summed E-state index contributed by atoms with van der Waals surface area (Å²) in [7, 11) is 0. The fourth-order valence-corrected chi connectivity index (χ4v) is 0. The summed E-state index contributed by atoms with van der Waals surface area (Å²) >= 11 is 0. The van der Waals surface area contributed by atoms with E-state index in [1.165, 1.54) is 0 Å². The van der Waals surface area contributed by atoms with E-state index in [-0.39, 0.29) is 166 Å². The number of hydrogen-bond acceptors (Lipinski definition) is 0. The van der Waals surface area contributed by atoms with Crippen LogP contribution in [0.4, 0.5) is 0 Å². The Kier molecular flexibility index (Phi) is 2700. The molecule has 0 unspecified atom stereocenters. The molecule has 0 heterocycles. The van der Waals surface area contributed by atoms with E-state index in [9.17, 15) is 0 Å². The molecule has 0 N–H and O–H groups in total. The van der Waals surface area contributed by atoms with Crippen LogP contribution in [-0.2, 0) is 75.4 Å². The fraction of sp³-hybridized carbons (Fsp3) is 0. The quantitative estimate of drug-likeness (QED) is 0.430. The van der Waals surface area contributed by atoms with Crippen LogP contribution in [0.2, 0.25) is 0 Å². The molecule has 0 rings (SSSR count). The second-order valence-corrected chi connectivity index (χ2v) is 0. The largest absolute Gasteiger partial charge is 5.00 e. The summed E-state index contributed by atoms with van der Waals surface area (Å²) in [6.07, 6.45) is 0. The zero-order valence-electron chi connectivity index (χ0n) is 5.17. The van der Waals surface area contributed by atoms with Crippen LogP contribution in [0.1, 0.15) is 0 Å². The first-order valence-corrected chi connectivity index (χ1v) is 0. The van der Waals surface area contributed by atoms with Crippen molar-refractivity contribution in [3.63, 3.8) is 0 Å². The summed E-state index contributed by atoms with van der Waals surface area (Å²) in [6.45, 7) is 0. The third-order valence-electron chi connectivity index (χ3n) is 0. The Balaban J connectivity index is 0. The van der Waals surface area contributed by atoms with Gasteiger partial charge in [-0.05, 0) is 0 Å². The average Bonchev–Trinajstić information content (AvgIpc) is 0. The van der Waals surface area contributed by atoms with E-state index < -0.39 is 0 Å². The molecule has 0 amide bonds. The van der Waals surface area contributed by atoms with Gasteiger partial charge in [0.05, 0.1) is 0 Å².